The third-order valence-electron chi connectivity index (χ3n) is 3.06. The highest BCUT2D eigenvalue weighted by Gasteiger charge is 2.06. The van der Waals surface area contributed by atoms with E-state index in [2.05, 4.69) is 45.0 Å². The van der Waals surface area contributed by atoms with Crippen LogP contribution in [0.5, 0.6) is 0 Å². The zero-order chi connectivity index (χ0) is 15.2. The van der Waals surface area contributed by atoms with Gasteiger partial charge in [-0.1, -0.05) is 81.4 Å². The van der Waals surface area contributed by atoms with Gasteiger partial charge < -0.3 is 4.74 Å². The van der Waals surface area contributed by atoms with Gasteiger partial charge in [0.05, 0.1) is 13.2 Å². The molecule has 21 heavy (non-hydrogen) atoms. The summed E-state index contributed by atoms with van der Waals surface area (Å²) in [7, 11) is 0. The highest BCUT2D eigenvalue weighted by molar-refractivity contribution is 9.10. The molecule has 0 aliphatic carbocycles. The number of hydrogen-bond donors (Lipinski definition) is 0. The van der Waals surface area contributed by atoms with Gasteiger partial charge in [-0.25, -0.2) is 0 Å². The van der Waals surface area contributed by atoms with Crippen LogP contribution in [0.15, 0.2) is 70.6 Å². The second-order valence-electron chi connectivity index (χ2n) is 4.66. The molecule has 0 fully saturated rings. The predicted octanol–water partition coefficient (Wildman–Crippen LogP) is 5.95. The van der Waals surface area contributed by atoms with Crippen LogP contribution in [0, 0.1) is 0 Å². The largest absolute Gasteiger partial charge is 0.372 e. The summed E-state index contributed by atoms with van der Waals surface area (Å²) in [6, 6.07) is 16.0. The quantitative estimate of drug-likeness (QED) is 0.574. The first-order valence-corrected chi connectivity index (χ1v) is 8.11. The first kappa shape index (κ1) is 16.2. The van der Waals surface area contributed by atoms with Crippen molar-refractivity contribution in [2.75, 3.05) is 13.2 Å². The van der Waals surface area contributed by atoms with Crippen molar-refractivity contribution in [1.82, 2.24) is 0 Å². The van der Waals surface area contributed by atoms with Gasteiger partial charge in [0, 0.05) is 8.95 Å². The molecule has 0 saturated carbocycles. The Morgan fingerprint density at radius 2 is 1.14 bits per heavy atom. The average Bonchev–Trinajstić information content (AvgIpc) is 2.48. The van der Waals surface area contributed by atoms with Crippen LogP contribution >= 0.6 is 31.9 Å². The van der Waals surface area contributed by atoms with Gasteiger partial charge in [-0.05, 0) is 34.4 Å². The van der Waals surface area contributed by atoms with Gasteiger partial charge in [0.15, 0.2) is 0 Å². The smallest absolute Gasteiger partial charge is 0.0721 e. The van der Waals surface area contributed by atoms with Gasteiger partial charge in [-0.3, -0.25) is 0 Å². The molecule has 2 rings (SSSR count). The minimum absolute atomic E-state index is 0.478. The van der Waals surface area contributed by atoms with Crippen LogP contribution in [0.2, 0.25) is 0 Å². The van der Waals surface area contributed by atoms with Crippen LogP contribution in [0.25, 0.3) is 11.1 Å². The van der Waals surface area contributed by atoms with Crippen LogP contribution in [0.1, 0.15) is 11.1 Å². The Morgan fingerprint density at radius 3 is 1.52 bits per heavy atom. The number of rotatable bonds is 6. The summed E-state index contributed by atoms with van der Waals surface area (Å²) in [5.41, 5.74) is 4.04. The Morgan fingerprint density at radius 1 is 0.762 bits per heavy atom. The van der Waals surface area contributed by atoms with E-state index in [1.165, 1.54) is 0 Å². The first-order valence-electron chi connectivity index (χ1n) is 6.52. The van der Waals surface area contributed by atoms with Crippen molar-refractivity contribution >= 4 is 43.0 Å². The molecule has 0 amide bonds. The molecule has 0 unspecified atom stereocenters. The summed E-state index contributed by atoms with van der Waals surface area (Å²) in [6.07, 6.45) is 0. The lowest BCUT2D eigenvalue weighted by Crippen LogP contribution is -2.01. The van der Waals surface area contributed by atoms with E-state index in [4.69, 9.17) is 4.74 Å². The molecule has 0 N–H and O–H groups in total. The molecule has 0 aliphatic heterocycles. The van der Waals surface area contributed by atoms with Gasteiger partial charge in [-0.2, -0.15) is 0 Å². The monoisotopic (exact) mass is 406 g/mol. The second kappa shape index (κ2) is 7.74. The fraction of sp³-hybridized carbons (Fsp3) is 0.111. The molecule has 0 aliphatic rings. The first-order chi connectivity index (χ1) is 10.1. The lowest BCUT2D eigenvalue weighted by atomic mass is 10.1. The van der Waals surface area contributed by atoms with Crippen molar-refractivity contribution in [3.05, 3.63) is 81.8 Å². The maximum absolute atomic E-state index is 5.74. The van der Waals surface area contributed by atoms with E-state index in [9.17, 15) is 0 Å². The third-order valence-corrected chi connectivity index (χ3v) is 4.45. The molecule has 0 aromatic heterocycles. The SMILES string of the molecule is C=C(COCC(=C)c1ccccc1Br)c1ccccc1Br. The molecule has 0 spiro atoms. The van der Waals surface area contributed by atoms with Crippen molar-refractivity contribution < 1.29 is 4.74 Å². The molecule has 1 nitrogen and oxygen atoms in total. The zero-order valence-electron chi connectivity index (χ0n) is 11.6. The van der Waals surface area contributed by atoms with Crippen LogP contribution in [0.3, 0.4) is 0 Å². The molecular formula is C18H16Br2O. The van der Waals surface area contributed by atoms with Crippen LogP contribution < -0.4 is 0 Å². The Hall–Kier alpha value is -1.16. The number of ether oxygens (including phenoxy) is 1. The van der Waals surface area contributed by atoms with Crippen LogP contribution in [-0.2, 0) is 4.74 Å². The molecule has 3 heteroatoms. The van der Waals surface area contributed by atoms with Gasteiger partial charge in [-0.15, -0.1) is 0 Å². The van der Waals surface area contributed by atoms with Gasteiger partial charge in [0.1, 0.15) is 0 Å². The van der Waals surface area contributed by atoms with Gasteiger partial charge in [0.25, 0.3) is 0 Å². The Balaban J connectivity index is 1.90. The Bertz CT molecular complexity index is 604. The highest BCUT2D eigenvalue weighted by Crippen LogP contribution is 2.25. The van der Waals surface area contributed by atoms with Gasteiger partial charge in [0.2, 0.25) is 0 Å². The average molecular weight is 408 g/mol. The third kappa shape index (κ3) is 4.40. The lowest BCUT2D eigenvalue weighted by molar-refractivity contribution is 0.205. The topological polar surface area (TPSA) is 9.23 Å². The summed E-state index contributed by atoms with van der Waals surface area (Å²) < 4.78 is 7.80. The number of halogens is 2. The summed E-state index contributed by atoms with van der Waals surface area (Å²) in [5, 5.41) is 0. The minimum atomic E-state index is 0.478. The van der Waals surface area contributed by atoms with E-state index in [1.54, 1.807) is 0 Å². The fourth-order valence-corrected chi connectivity index (χ4v) is 3.08. The zero-order valence-corrected chi connectivity index (χ0v) is 14.8. The van der Waals surface area contributed by atoms with Crippen molar-refractivity contribution in [2.24, 2.45) is 0 Å². The summed E-state index contributed by atoms with van der Waals surface area (Å²) >= 11 is 7.05. The molecule has 0 bridgehead atoms. The van der Waals surface area contributed by atoms with Crippen LogP contribution in [-0.4, -0.2) is 13.2 Å². The molecule has 0 radical (unpaired) electrons. The minimum Gasteiger partial charge on any atom is -0.372 e. The Labute approximate surface area is 142 Å². The summed E-state index contributed by atoms with van der Waals surface area (Å²) in [5.74, 6) is 0. The molecular weight excluding hydrogens is 392 g/mol. The molecule has 0 heterocycles. The summed E-state index contributed by atoms with van der Waals surface area (Å²) in [6.45, 7) is 9.11. The van der Waals surface area contributed by atoms with Crippen molar-refractivity contribution in [3.8, 4) is 0 Å². The van der Waals surface area contributed by atoms with Crippen LogP contribution in [0.4, 0.5) is 0 Å². The Kier molecular flexibility index (Phi) is 5.97. The normalized spacial score (nSPS) is 10.4. The second-order valence-corrected chi connectivity index (χ2v) is 6.37. The molecule has 108 valence electrons. The molecule has 0 saturated heterocycles. The van der Waals surface area contributed by atoms with Crippen molar-refractivity contribution in [3.63, 3.8) is 0 Å². The van der Waals surface area contributed by atoms with E-state index < -0.39 is 0 Å². The van der Waals surface area contributed by atoms with E-state index >= 15 is 0 Å². The number of hydrogen-bond acceptors (Lipinski definition) is 1. The molecule has 2 aromatic rings. The van der Waals surface area contributed by atoms with E-state index in [0.29, 0.717) is 13.2 Å². The molecule has 2 aromatic carbocycles. The maximum Gasteiger partial charge on any atom is 0.0721 e. The fourth-order valence-electron chi connectivity index (χ4n) is 1.95. The molecule has 0 atom stereocenters. The lowest BCUT2D eigenvalue weighted by Gasteiger charge is -2.11. The highest BCUT2D eigenvalue weighted by atomic mass is 79.9. The van der Waals surface area contributed by atoms with Gasteiger partial charge >= 0.3 is 0 Å². The predicted molar refractivity (Wildman–Crippen MR) is 97.2 cm³/mol. The van der Waals surface area contributed by atoms with E-state index in [1.807, 2.05) is 48.5 Å². The van der Waals surface area contributed by atoms with Crippen molar-refractivity contribution in [1.29, 1.82) is 0 Å². The maximum atomic E-state index is 5.74. The summed E-state index contributed by atoms with van der Waals surface area (Å²) in [4.78, 5) is 0. The van der Waals surface area contributed by atoms with E-state index in [-0.39, 0.29) is 0 Å². The standard InChI is InChI=1S/C18H16Br2O/c1-13(15-7-3-5-9-17(15)19)11-21-12-14(2)16-8-4-6-10-18(16)20/h3-10H,1-2,11-12H2. The number of benzene rings is 2. The van der Waals surface area contributed by atoms with Crippen molar-refractivity contribution in [2.45, 2.75) is 0 Å². The van der Waals surface area contributed by atoms with E-state index in [0.717, 1.165) is 31.2 Å².